The van der Waals surface area contributed by atoms with Crippen LogP contribution in [0.5, 0.6) is 0 Å². The van der Waals surface area contributed by atoms with E-state index in [1.54, 1.807) is 0 Å². The second-order valence-corrected chi connectivity index (χ2v) is 7.08. The van der Waals surface area contributed by atoms with Crippen LogP contribution in [0, 0.1) is 0 Å². The Morgan fingerprint density at radius 3 is 2.36 bits per heavy atom. The van der Waals surface area contributed by atoms with Gasteiger partial charge in [-0.15, -0.1) is 0 Å². The fourth-order valence-electron chi connectivity index (χ4n) is 0.706. The van der Waals surface area contributed by atoms with Gasteiger partial charge >= 0.3 is 80.3 Å². The molecule has 1 aromatic carbocycles. The first-order valence-electron chi connectivity index (χ1n) is 3.11. The van der Waals surface area contributed by atoms with Crippen LogP contribution in [-0.4, -0.2) is 13.7 Å². The van der Waals surface area contributed by atoms with E-state index in [1.165, 1.54) is 9.89 Å². The molecule has 0 nitrogen and oxygen atoms in total. The Hall–Kier alpha value is 0.0984. The zero-order valence-electron chi connectivity index (χ0n) is 5.74. The summed E-state index contributed by atoms with van der Waals surface area (Å²) in [6, 6.07) is 10.0. The molecule has 0 amide bonds. The van der Waals surface area contributed by atoms with E-state index in [1.807, 2.05) is 35.2 Å². The average Bonchev–Trinajstić information content (AvgIpc) is 2.07. The van der Waals surface area contributed by atoms with Gasteiger partial charge < -0.3 is 0 Å². The van der Waals surface area contributed by atoms with Crippen molar-refractivity contribution < 1.29 is 0 Å². The molecule has 0 saturated carbocycles. The van der Waals surface area contributed by atoms with E-state index >= 15 is 0 Å². The first kappa shape index (κ1) is 9.19. The third kappa shape index (κ3) is 2.91. The maximum atomic E-state index is 6.08. The molecular formula is C8H7AsCl2. The van der Waals surface area contributed by atoms with Crippen LogP contribution in [0.15, 0.2) is 40.7 Å². The molecule has 0 heterocycles. The van der Waals surface area contributed by atoms with Crippen LogP contribution < -0.4 is 4.35 Å². The van der Waals surface area contributed by atoms with Gasteiger partial charge in [-0.3, -0.25) is 0 Å². The van der Waals surface area contributed by atoms with Gasteiger partial charge in [0.2, 0.25) is 0 Å². The van der Waals surface area contributed by atoms with E-state index < -0.39 is 13.7 Å². The van der Waals surface area contributed by atoms with Gasteiger partial charge in [0.15, 0.2) is 0 Å². The van der Waals surface area contributed by atoms with Crippen LogP contribution in [0.1, 0.15) is 0 Å². The molecule has 0 fully saturated rings. The van der Waals surface area contributed by atoms with E-state index in [-0.39, 0.29) is 0 Å². The Balaban J connectivity index is 2.76. The zero-order valence-corrected chi connectivity index (χ0v) is 9.13. The van der Waals surface area contributed by atoms with Gasteiger partial charge in [0.1, 0.15) is 0 Å². The normalized spacial score (nSPS) is 13.6. The van der Waals surface area contributed by atoms with Crippen LogP contribution in [0.25, 0.3) is 0 Å². The number of benzene rings is 1. The van der Waals surface area contributed by atoms with Gasteiger partial charge in [-0.05, 0) is 0 Å². The SMILES string of the molecule is Cl/C=C/[As](Cl)c1ccccc1. The molecule has 0 spiro atoms. The van der Waals surface area contributed by atoms with E-state index in [0.717, 1.165) is 0 Å². The number of halogens is 2. The molecule has 1 unspecified atom stereocenters. The molecule has 11 heavy (non-hydrogen) atoms. The monoisotopic (exact) mass is 248 g/mol. The first-order valence-corrected chi connectivity index (χ1v) is 8.04. The number of hydrogen-bond acceptors (Lipinski definition) is 0. The molecule has 0 aliphatic rings. The minimum atomic E-state index is -1.46. The van der Waals surface area contributed by atoms with Gasteiger partial charge in [0.05, 0.1) is 0 Å². The van der Waals surface area contributed by atoms with Gasteiger partial charge in [0, 0.05) is 0 Å². The summed E-state index contributed by atoms with van der Waals surface area (Å²) < 4.78 is 1.21. The summed E-state index contributed by atoms with van der Waals surface area (Å²) in [7, 11) is 6.08. The van der Waals surface area contributed by atoms with Crippen LogP contribution in [0.4, 0.5) is 0 Å². The number of hydrogen-bond donors (Lipinski definition) is 0. The minimum absolute atomic E-state index is 1.21. The molecule has 0 bridgehead atoms. The van der Waals surface area contributed by atoms with Crippen molar-refractivity contribution in [3.8, 4) is 0 Å². The molecule has 0 aliphatic heterocycles. The molecule has 0 radical (unpaired) electrons. The summed E-state index contributed by atoms with van der Waals surface area (Å²) in [5, 5.41) is 0. The standard InChI is InChI=1S/C8H7AsCl2/c10-7-6-9(11)8-4-2-1-3-5-8/h1-7H/b7-6+. The summed E-state index contributed by atoms with van der Waals surface area (Å²) in [6.07, 6.45) is 0. The zero-order chi connectivity index (χ0) is 8.10. The van der Waals surface area contributed by atoms with Crippen LogP contribution in [0.2, 0.25) is 0 Å². The Labute approximate surface area is 80.2 Å². The summed E-state index contributed by atoms with van der Waals surface area (Å²) in [4.78, 5) is 1.88. The maximum absolute atomic E-state index is 6.08. The van der Waals surface area contributed by atoms with Crippen molar-refractivity contribution in [3.63, 3.8) is 0 Å². The van der Waals surface area contributed by atoms with Gasteiger partial charge in [-0.25, -0.2) is 0 Å². The Morgan fingerprint density at radius 2 is 1.82 bits per heavy atom. The van der Waals surface area contributed by atoms with E-state index in [0.29, 0.717) is 0 Å². The fraction of sp³-hybridized carbons (Fsp3) is 0. The van der Waals surface area contributed by atoms with Crippen molar-refractivity contribution in [2.45, 2.75) is 0 Å². The van der Waals surface area contributed by atoms with Crippen molar-refractivity contribution in [2.75, 3.05) is 0 Å². The second kappa shape index (κ2) is 4.87. The predicted molar refractivity (Wildman–Crippen MR) is 52.7 cm³/mol. The average molecular weight is 249 g/mol. The van der Waals surface area contributed by atoms with Crippen molar-refractivity contribution in [3.05, 3.63) is 40.7 Å². The molecule has 1 atom stereocenters. The Kier molecular flexibility index (Phi) is 4.07. The summed E-state index contributed by atoms with van der Waals surface area (Å²) in [6.45, 7) is 0. The van der Waals surface area contributed by atoms with Crippen molar-refractivity contribution in [1.29, 1.82) is 0 Å². The third-order valence-corrected chi connectivity index (χ3v) is 5.82. The van der Waals surface area contributed by atoms with Gasteiger partial charge in [0.25, 0.3) is 0 Å². The van der Waals surface area contributed by atoms with Crippen LogP contribution in [-0.2, 0) is 0 Å². The Bertz CT molecular complexity index is 233. The first-order chi connectivity index (χ1) is 5.34. The number of rotatable bonds is 2. The van der Waals surface area contributed by atoms with E-state index in [2.05, 4.69) is 0 Å². The molecular weight excluding hydrogens is 242 g/mol. The summed E-state index contributed by atoms with van der Waals surface area (Å²) in [5.74, 6) is 0. The molecule has 1 aromatic rings. The van der Waals surface area contributed by atoms with Crippen molar-refractivity contribution >= 4 is 39.6 Å². The molecule has 0 aliphatic carbocycles. The predicted octanol–water partition coefficient (Wildman–Crippen LogP) is 2.42. The fourth-order valence-corrected chi connectivity index (χ4v) is 4.00. The third-order valence-electron chi connectivity index (χ3n) is 1.19. The van der Waals surface area contributed by atoms with Crippen LogP contribution in [0.3, 0.4) is 0 Å². The van der Waals surface area contributed by atoms with E-state index in [4.69, 9.17) is 21.6 Å². The topological polar surface area (TPSA) is 0 Å². The molecule has 1 rings (SSSR count). The second-order valence-electron chi connectivity index (χ2n) is 1.92. The Morgan fingerprint density at radius 1 is 1.18 bits per heavy atom. The quantitative estimate of drug-likeness (QED) is 0.706. The summed E-state index contributed by atoms with van der Waals surface area (Å²) >= 11 is 3.95. The molecule has 0 aromatic heterocycles. The molecule has 0 N–H and O–H groups in total. The molecule has 58 valence electrons. The van der Waals surface area contributed by atoms with E-state index in [9.17, 15) is 0 Å². The van der Waals surface area contributed by atoms with Crippen molar-refractivity contribution in [2.24, 2.45) is 0 Å². The molecule has 0 saturated heterocycles. The molecule has 3 heteroatoms. The van der Waals surface area contributed by atoms with Crippen molar-refractivity contribution in [1.82, 2.24) is 0 Å². The summed E-state index contributed by atoms with van der Waals surface area (Å²) in [5.41, 5.74) is 1.50. The van der Waals surface area contributed by atoms with Gasteiger partial charge in [-0.1, -0.05) is 0 Å². The van der Waals surface area contributed by atoms with Crippen LogP contribution >= 0.6 is 21.6 Å². The van der Waals surface area contributed by atoms with Gasteiger partial charge in [-0.2, -0.15) is 0 Å².